The Labute approximate surface area is 128 Å². The van der Waals surface area contributed by atoms with Gasteiger partial charge in [0, 0.05) is 31.4 Å². The summed E-state index contributed by atoms with van der Waals surface area (Å²) in [6.07, 6.45) is 5.55. The molecule has 0 spiro atoms. The van der Waals surface area contributed by atoms with Gasteiger partial charge in [0.1, 0.15) is 5.82 Å². The molecule has 110 valence electrons. The van der Waals surface area contributed by atoms with Gasteiger partial charge in [0.25, 0.3) is 0 Å². The molecule has 5 nitrogen and oxygen atoms in total. The Bertz CT molecular complexity index is 570. The monoisotopic (exact) mass is 339 g/mol. The molecule has 0 bridgehead atoms. The van der Waals surface area contributed by atoms with Gasteiger partial charge in [-0.2, -0.15) is 5.10 Å². The van der Waals surface area contributed by atoms with Crippen LogP contribution >= 0.6 is 15.9 Å². The van der Waals surface area contributed by atoms with E-state index in [9.17, 15) is 0 Å². The highest BCUT2D eigenvalue weighted by atomic mass is 79.9. The van der Waals surface area contributed by atoms with E-state index in [1.807, 2.05) is 19.3 Å². The van der Waals surface area contributed by atoms with Gasteiger partial charge in [-0.05, 0) is 36.2 Å². The molecule has 1 atom stereocenters. The fourth-order valence-corrected chi connectivity index (χ4v) is 2.98. The van der Waals surface area contributed by atoms with Crippen molar-refractivity contribution < 1.29 is 0 Å². The average molecular weight is 340 g/mol. The summed E-state index contributed by atoms with van der Waals surface area (Å²) in [7, 11) is 0. The molecule has 0 aromatic carbocycles. The molecule has 1 unspecified atom stereocenters. The number of nitrogens with zero attached hydrogens (tertiary/aromatic N) is 4. The number of nitrogens with two attached hydrogens (primary N) is 1. The van der Waals surface area contributed by atoms with Gasteiger partial charge in [-0.15, -0.1) is 0 Å². The molecule has 2 rings (SSSR count). The summed E-state index contributed by atoms with van der Waals surface area (Å²) in [5.41, 5.74) is 8.17. The van der Waals surface area contributed by atoms with Gasteiger partial charge < -0.3 is 10.3 Å². The minimum Gasteiger partial charge on any atom is -0.329 e. The summed E-state index contributed by atoms with van der Waals surface area (Å²) in [6, 6.07) is 0.113. The van der Waals surface area contributed by atoms with Crippen LogP contribution in [0.5, 0.6) is 0 Å². The Balaban J connectivity index is 2.30. The van der Waals surface area contributed by atoms with E-state index in [1.54, 1.807) is 0 Å². The van der Waals surface area contributed by atoms with Crippen LogP contribution in [0.4, 0.5) is 0 Å². The molecule has 2 aromatic heterocycles. The van der Waals surface area contributed by atoms with Crippen molar-refractivity contribution in [1.29, 1.82) is 0 Å². The first-order chi connectivity index (χ1) is 9.56. The van der Waals surface area contributed by atoms with E-state index < -0.39 is 0 Å². The average Bonchev–Trinajstić information content (AvgIpc) is 2.96. The van der Waals surface area contributed by atoms with Crippen LogP contribution in [0.2, 0.25) is 0 Å². The van der Waals surface area contributed by atoms with E-state index in [1.165, 1.54) is 5.69 Å². The maximum Gasteiger partial charge on any atom is 0.110 e. The fraction of sp³-hybridized carbons (Fsp3) is 0.571. The summed E-state index contributed by atoms with van der Waals surface area (Å²) in [5.74, 6) is 1.02. The minimum atomic E-state index is 0.113. The van der Waals surface area contributed by atoms with E-state index in [-0.39, 0.29) is 6.04 Å². The van der Waals surface area contributed by atoms with Crippen molar-refractivity contribution in [3.05, 3.63) is 34.1 Å². The SMILES string of the molecule is CCc1nn(CC)c(Cn2ccnc2CC(C)N)c1Br. The molecule has 0 saturated carbocycles. The topological polar surface area (TPSA) is 61.7 Å². The van der Waals surface area contributed by atoms with Crippen LogP contribution in [0.3, 0.4) is 0 Å². The number of imidazole rings is 1. The number of aryl methyl sites for hydroxylation is 2. The Hall–Kier alpha value is -1.14. The van der Waals surface area contributed by atoms with Crippen LogP contribution in [0.25, 0.3) is 0 Å². The Morgan fingerprint density at radius 1 is 1.40 bits per heavy atom. The lowest BCUT2D eigenvalue weighted by Crippen LogP contribution is -2.21. The standard InChI is InChI=1S/C14H22BrN5/c1-4-11-14(15)12(20(5-2)18-11)9-19-7-6-17-13(19)8-10(3)16/h6-7,10H,4-5,8-9,16H2,1-3H3. The molecule has 0 aliphatic rings. The molecule has 2 heterocycles. The summed E-state index contributed by atoms with van der Waals surface area (Å²) in [4.78, 5) is 4.40. The maximum atomic E-state index is 5.88. The Morgan fingerprint density at radius 3 is 2.75 bits per heavy atom. The predicted octanol–water partition coefficient (Wildman–Crippen LogP) is 2.36. The van der Waals surface area contributed by atoms with E-state index >= 15 is 0 Å². The van der Waals surface area contributed by atoms with Crippen molar-refractivity contribution in [3.8, 4) is 0 Å². The number of hydrogen-bond acceptors (Lipinski definition) is 3. The van der Waals surface area contributed by atoms with Crippen molar-refractivity contribution in [3.63, 3.8) is 0 Å². The first kappa shape index (κ1) is 15.3. The van der Waals surface area contributed by atoms with E-state index in [0.29, 0.717) is 0 Å². The second kappa shape index (κ2) is 6.54. The molecule has 0 radical (unpaired) electrons. The molecule has 0 saturated heterocycles. The molecule has 0 fully saturated rings. The van der Waals surface area contributed by atoms with Crippen LogP contribution in [-0.4, -0.2) is 25.4 Å². The molecule has 20 heavy (non-hydrogen) atoms. The fourth-order valence-electron chi connectivity index (χ4n) is 2.29. The van der Waals surface area contributed by atoms with Crippen LogP contribution in [0.1, 0.15) is 38.0 Å². The Morgan fingerprint density at radius 2 is 2.15 bits per heavy atom. The quantitative estimate of drug-likeness (QED) is 0.878. The number of rotatable bonds is 6. The number of aromatic nitrogens is 4. The normalized spacial score (nSPS) is 12.8. The molecular formula is C14H22BrN5. The summed E-state index contributed by atoms with van der Waals surface area (Å²) < 4.78 is 5.32. The van der Waals surface area contributed by atoms with E-state index in [4.69, 9.17) is 5.73 Å². The third-order valence-corrected chi connectivity index (χ3v) is 4.24. The van der Waals surface area contributed by atoms with E-state index in [2.05, 4.69) is 49.1 Å². The van der Waals surface area contributed by atoms with Gasteiger partial charge in [-0.3, -0.25) is 4.68 Å². The van der Waals surface area contributed by atoms with Crippen LogP contribution in [0, 0.1) is 0 Å². The first-order valence-corrected chi connectivity index (χ1v) is 7.85. The maximum absolute atomic E-state index is 5.88. The summed E-state index contributed by atoms with van der Waals surface area (Å²) >= 11 is 3.68. The second-order valence-electron chi connectivity index (χ2n) is 5.03. The highest BCUT2D eigenvalue weighted by Gasteiger charge is 2.15. The minimum absolute atomic E-state index is 0.113. The van der Waals surface area contributed by atoms with Crippen LogP contribution in [-0.2, 0) is 25.9 Å². The van der Waals surface area contributed by atoms with Gasteiger partial charge in [0.05, 0.1) is 22.4 Å². The molecule has 0 amide bonds. The molecule has 6 heteroatoms. The second-order valence-corrected chi connectivity index (χ2v) is 5.82. The van der Waals surface area contributed by atoms with Gasteiger partial charge in [-0.25, -0.2) is 4.98 Å². The number of hydrogen-bond donors (Lipinski definition) is 1. The van der Waals surface area contributed by atoms with Crippen LogP contribution in [0.15, 0.2) is 16.9 Å². The lowest BCUT2D eigenvalue weighted by Gasteiger charge is -2.11. The lowest BCUT2D eigenvalue weighted by atomic mass is 10.2. The van der Waals surface area contributed by atoms with Gasteiger partial charge in [0.15, 0.2) is 0 Å². The highest BCUT2D eigenvalue weighted by molar-refractivity contribution is 9.10. The summed E-state index contributed by atoms with van der Waals surface area (Å²) in [6.45, 7) is 7.87. The molecule has 0 aliphatic heterocycles. The van der Waals surface area contributed by atoms with Gasteiger partial charge in [-0.1, -0.05) is 6.92 Å². The van der Waals surface area contributed by atoms with Crippen molar-refractivity contribution >= 4 is 15.9 Å². The van der Waals surface area contributed by atoms with Gasteiger partial charge >= 0.3 is 0 Å². The zero-order chi connectivity index (χ0) is 14.7. The van der Waals surface area contributed by atoms with Crippen molar-refractivity contribution in [2.45, 2.75) is 52.7 Å². The molecule has 2 aromatic rings. The van der Waals surface area contributed by atoms with Crippen molar-refractivity contribution in [2.24, 2.45) is 5.73 Å². The van der Waals surface area contributed by atoms with Gasteiger partial charge in [0.2, 0.25) is 0 Å². The number of halogens is 1. The Kier molecular flexibility index (Phi) is 4.99. The zero-order valence-corrected chi connectivity index (χ0v) is 13.9. The smallest absolute Gasteiger partial charge is 0.110 e. The van der Waals surface area contributed by atoms with E-state index in [0.717, 1.165) is 41.9 Å². The third-order valence-electron chi connectivity index (χ3n) is 3.32. The molecular weight excluding hydrogens is 318 g/mol. The first-order valence-electron chi connectivity index (χ1n) is 7.06. The molecule has 0 aliphatic carbocycles. The summed E-state index contributed by atoms with van der Waals surface area (Å²) in [5, 5.41) is 4.63. The predicted molar refractivity (Wildman–Crippen MR) is 83.7 cm³/mol. The third kappa shape index (κ3) is 3.12. The van der Waals surface area contributed by atoms with Crippen LogP contribution < -0.4 is 5.73 Å². The largest absolute Gasteiger partial charge is 0.329 e. The van der Waals surface area contributed by atoms with Crippen molar-refractivity contribution in [1.82, 2.24) is 19.3 Å². The lowest BCUT2D eigenvalue weighted by molar-refractivity contribution is 0.577. The molecule has 2 N–H and O–H groups in total. The highest BCUT2D eigenvalue weighted by Crippen LogP contribution is 2.23. The van der Waals surface area contributed by atoms with Crippen molar-refractivity contribution in [2.75, 3.05) is 0 Å². The zero-order valence-electron chi connectivity index (χ0n) is 12.3.